The van der Waals surface area contributed by atoms with E-state index in [1.54, 1.807) is 0 Å². The standard InChI is InChI=1S/C17H24Cl2N2O3S/c1-10-6-5-7-15(11(10)2)20-17(22)12-8-16(14(19)9-13(12)18)25(23,24)21(3)4/h8-11,15H,5-7H2,1-4H3,(H,20,22)/t10-,11+,15+/m1/s1. The molecular weight excluding hydrogens is 383 g/mol. The third-order valence-corrected chi connectivity index (χ3v) is 7.64. The van der Waals surface area contributed by atoms with Crippen molar-refractivity contribution in [3.63, 3.8) is 0 Å². The second-order valence-electron chi connectivity index (χ2n) is 6.90. The van der Waals surface area contributed by atoms with Crippen LogP contribution in [-0.2, 0) is 10.0 Å². The van der Waals surface area contributed by atoms with Gasteiger partial charge in [0, 0.05) is 20.1 Å². The molecule has 3 atom stereocenters. The first-order chi connectivity index (χ1) is 11.6. The van der Waals surface area contributed by atoms with Gasteiger partial charge in [0.1, 0.15) is 4.90 Å². The quantitative estimate of drug-likeness (QED) is 0.826. The summed E-state index contributed by atoms with van der Waals surface area (Å²) in [6.07, 6.45) is 3.12. The van der Waals surface area contributed by atoms with Crippen molar-refractivity contribution in [2.75, 3.05) is 14.1 Å². The van der Waals surface area contributed by atoms with Crippen molar-refractivity contribution in [2.24, 2.45) is 11.8 Å². The number of halogens is 2. The van der Waals surface area contributed by atoms with Crippen LogP contribution in [0.3, 0.4) is 0 Å². The number of nitrogens with one attached hydrogen (secondary N) is 1. The maximum absolute atomic E-state index is 12.7. The Bertz CT molecular complexity index is 765. The van der Waals surface area contributed by atoms with E-state index < -0.39 is 10.0 Å². The van der Waals surface area contributed by atoms with Gasteiger partial charge in [0.2, 0.25) is 10.0 Å². The zero-order chi connectivity index (χ0) is 18.9. The Labute approximate surface area is 159 Å². The molecule has 0 saturated heterocycles. The van der Waals surface area contributed by atoms with Crippen LogP contribution in [0, 0.1) is 11.8 Å². The van der Waals surface area contributed by atoms with Crippen molar-refractivity contribution in [2.45, 2.75) is 44.0 Å². The maximum atomic E-state index is 12.7. The van der Waals surface area contributed by atoms with Gasteiger partial charge < -0.3 is 5.32 Å². The molecule has 0 aliphatic heterocycles. The minimum atomic E-state index is -3.77. The Morgan fingerprint density at radius 1 is 1.16 bits per heavy atom. The van der Waals surface area contributed by atoms with Gasteiger partial charge in [-0.05, 0) is 30.4 Å². The number of carbonyl (C=O) groups is 1. The van der Waals surface area contributed by atoms with Crippen LogP contribution >= 0.6 is 23.2 Å². The number of nitrogens with zero attached hydrogens (tertiary/aromatic N) is 1. The number of hydrogen-bond acceptors (Lipinski definition) is 3. The predicted molar refractivity (Wildman–Crippen MR) is 101 cm³/mol. The first-order valence-electron chi connectivity index (χ1n) is 8.28. The molecule has 140 valence electrons. The van der Waals surface area contributed by atoms with E-state index in [2.05, 4.69) is 19.2 Å². The van der Waals surface area contributed by atoms with Gasteiger partial charge in [0.15, 0.2) is 0 Å². The highest BCUT2D eigenvalue weighted by Crippen LogP contribution is 2.32. The van der Waals surface area contributed by atoms with Crippen LogP contribution in [0.15, 0.2) is 17.0 Å². The lowest BCUT2D eigenvalue weighted by Crippen LogP contribution is -2.43. The Balaban J connectivity index is 2.34. The highest BCUT2D eigenvalue weighted by Gasteiger charge is 2.30. The largest absolute Gasteiger partial charge is 0.349 e. The molecule has 1 N–H and O–H groups in total. The Kier molecular flexibility index (Phi) is 6.41. The molecule has 1 aromatic rings. The smallest absolute Gasteiger partial charge is 0.253 e. The van der Waals surface area contributed by atoms with Crippen molar-refractivity contribution >= 4 is 39.1 Å². The van der Waals surface area contributed by atoms with Crippen LogP contribution < -0.4 is 5.32 Å². The summed E-state index contributed by atoms with van der Waals surface area (Å²) in [5, 5.41) is 3.14. The summed E-state index contributed by atoms with van der Waals surface area (Å²) >= 11 is 12.2. The highest BCUT2D eigenvalue weighted by atomic mass is 35.5. The van der Waals surface area contributed by atoms with Gasteiger partial charge >= 0.3 is 0 Å². The summed E-state index contributed by atoms with van der Waals surface area (Å²) < 4.78 is 25.8. The summed E-state index contributed by atoms with van der Waals surface area (Å²) in [7, 11) is -0.955. The molecule has 1 aromatic carbocycles. The number of rotatable bonds is 4. The highest BCUT2D eigenvalue weighted by molar-refractivity contribution is 7.89. The first kappa shape index (κ1) is 20.5. The number of carbonyl (C=O) groups excluding carboxylic acids is 1. The van der Waals surface area contributed by atoms with Crippen LogP contribution in [0.4, 0.5) is 0 Å². The Morgan fingerprint density at radius 3 is 2.40 bits per heavy atom. The van der Waals surface area contributed by atoms with Gasteiger partial charge in [-0.3, -0.25) is 4.79 Å². The minimum absolute atomic E-state index is 0.00472. The van der Waals surface area contributed by atoms with Gasteiger partial charge in [-0.1, -0.05) is 49.9 Å². The molecule has 0 aromatic heterocycles. The van der Waals surface area contributed by atoms with Crippen molar-refractivity contribution in [1.82, 2.24) is 9.62 Å². The number of benzene rings is 1. The van der Waals surface area contributed by atoms with Crippen LogP contribution in [-0.4, -0.2) is 38.8 Å². The summed E-state index contributed by atoms with van der Waals surface area (Å²) in [5.41, 5.74) is 0.122. The van der Waals surface area contributed by atoms with Crippen LogP contribution in [0.1, 0.15) is 43.5 Å². The molecule has 0 heterocycles. The molecule has 5 nitrogen and oxygen atoms in total. The van der Waals surface area contributed by atoms with Crippen molar-refractivity contribution in [3.05, 3.63) is 27.7 Å². The topological polar surface area (TPSA) is 66.5 Å². The number of hydrogen-bond donors (Lipinski definition) is 1. The van der Waals surface area contributed by atoms with E-state index in [0.29, 0.717) is 11.8 Å². The van der Waals surface area contributed by atoms with Gasteiger partial charge in [-0.15, -0.1) is 0 Å². The van der Waals surface area contributed by atoms with E-state index in [1.807, 2.05) is 0 Å². The predicted octanol–water partition coefficient (Wildman–Crippen LogP) is 3.80. The molecule has 8 heteroatoms. The molecule has 1 amide bonds. The lowest BCUT2D eigenvalue weighted by Gasteiger charge is -2.34. The molecule has 2 rings (SSSR count). The van der Waals surface area contributed by atoms with Gasteiger partial charge in [0.05, 0.1) is 15.6 Å². The van der Waals surface area contributed by atoms with E-state index in [1.165, 1.54) is 26.2 Å². The monoisotopic (exact) mass is 406 g/mol. The third kappa shape index (κ3) is 4.30. The van der Waals surface area contributed by atoms with Crippen LogP contribution in [0.25, 0.3) is 0 Å². The van der Waals surface area contributed by atoms with Gasteiger partial charge in [0.25, 0.3) is 5.91 Å². The second kappa shape index (κ2) is 7.82. The van der Waals surface area contributed by atoms with E-state index in [0.717, 1.165) is 23.6 Å². The summed E-state index contributed by atoms with van der Waals surface area (Å²) in [6.45, 7) is 4.31. The molecule has 1 saturated carbocycles. The average Bonchev–Trinajstić information content (AvgIpc) is 2.51. The minimum Gasteiger partial charge on any atom is -0.349 e. The van der Waals surface area contributed by atoms with E-state index >= 15 is 0 Å². The number of sulfonamides is 1. The molecular formula is C17H24Cl2N2O3S. The fourth-order valence-corrected chi connectivity index (χ4v) is 4.86. The third-order valence-electron chi connectivity index (χ3n) is 5.05. The fraction of sp³-hybridized carbons (Fsp3) is 0.588. The van der Waals surface area contributed by atoms with Crippen LogP contribution in [0.5, 0.6) is 0 Å². The SMILES string of the molecule is C[C@H]1[C@H](C)CCC[C@@H]1NC(=O)c1cc(S(=O)(=O)N(C)C)c(Cl)cc1Cl. The summed E-state index contributed by atoms with van der Waals surface area (Å²) in [6, 6.07) is 2.62. The lowest BCUT2D eigenvalue weighted by molar-refractivity contribution is 0.0891. The van der Waals surface area contributed by atoms with Crippen LogP contribution in [0.2, 0.25) is 10.0 Å². The number of amides is 1. The average molecular weight is 407 g/mol. The van der Waals surface area contributed by atoms with Gasteiger partial charge in [-0.25, -0.2) is 12.7 Å². The van der Waals surface area contributed by atoms with E-state index in [9.17, 15) is 13.2 Å². The van der Waals surface area contributed by atoms with E-state index in [4.69, 9.17) is 23.2 Å². The molecule has 0 unspecified atom stereocenters. The zero-order valence-corrected chi connectivity index (χ0v) is 17.2. The van der Waals surface area contributed by atoms with Crippen molar-refractivity contribution in [3.8, 4) is 0 Å². The fourth-order valence-electron chi connectivity index (χ4n) is 3.13. The lowest BCUT2D eigenvalue weighted by atomic mass is 9.78. The second-order valence-corrected chi connectivity index (χ2v) is 9.83. The normalized spacial score (nSPS) is 24.4. The van der Waals surface area contributed by atoms with E-state index in [-0.39, 0.29) is 32.5 Å². The molecule has 0 bridgehead atoms. The molecule has 1 aliphatic rings. The van der Waals surface area contributed by atoms with Gasteiger partial charge in [-0.2, -0.15) is 0 Å². The molecule has 1 fully saturated rings. The molecule has 25 heavy (non-hydrogen) atoms. The maximum Gasteiger partial charge on any atom is 0.253 e. The van der Waals surface area contributed by atoms with Crippen molar-refractivity contribution in [1.29, 1.82) is 0 Å². The molecule has 0 spiro atoms. The molecule has 0 radical (unpaired) electrons. The Hall–Kier alpha value is -0.820. The first-order valence-corrected chi connectivity index (χ1v) is 10.5. The molecule has 1 aliphatic carbocycles. The summed E-state index contributed by atoms with van der Waals surface area (Å²) in [5.74, 6) is 0.515. The zero-order valence-electron chi connectivity index (χ0n) is 14.8. The van der Waals surface area contributed by atoms with Crippen molar-refractivity contribution < 1.29 is 13.2 Å². The Morgan fingerprint density at radius 2 is 1.80 bits per heavy atom. The summed E-state index contributed by atoms with van der Waals surface area (Å²) in [4.78, 5) is 12.6.